The molecule has 1 aromatic carbocycles. The maximum atomic E-state index is 13.4. The van der Waals surface area contributed by atoms with Crippen molar-refractivity contribution >= 4 is 17.0 Å². The second kappa shape index (κ2) is 9.92. The largest absolute Gasteiger partial charge is 0.476 e. The quantitative estimate of drug-likeness (QED) is 0.542. The molecule has 2 saturated heterocycles. The van der Waals surface area contributed by atoms with E-state index in [1.807, 2.05) is 24.3 Å². The van der Waals surface area contributed by atoms with Crippen LogP contribution in [0.25, 0.3) is 11.0 Å². The highest BCUT2D eigenvalue weighted by molar-refractivity contribution is 5.88. The zero-order valence-corrected chi connectivity index (χ0v) is 22.4. The molecule has 0 spiro atoms. The average Bonchev–Trinajstić information content (AvgIpc) is 2.81. The Labute approximate surface area is 215 Å². The molecule has 2 aliphatic heterocycles. The molecular weight excluding hydrogens is 450 g/mol. The Morgan fingerprint density at radius 1 is 1.00 bits per heavy atom. The van der Waals surface area contributed by atoms with E-state index < -0.39 is 11.5 Å². The lowest BCUT2D eigenvalue weighted by molar-refractivity contribution is -0.0391. The van der Waals surface area contributed by atoms with Gasteiger partial charge in [0.2, 0.25) is 5.69 Å². The van der Waals surface area contributed by atoms with Crippen LogP contribution in [0.1, 0.15) is 108 Å². The van der Waals surface area contributed by atoms with Gasteiger partial charge in [-0.25, -0.2) is 9.78 Å². The van der Waals surface area contributed by atoms with Gasteiger partial charge in [0.25, 0.3) is 5.56 Å². The number of carboxylic acid groups (broad SMARTS) is 1. The number of rotatable bonds is 4. The lowest BCUT2D eigenvalue weighted by Gasteiger charge is -2.54. The van der Waals surface area contributed by atoms with E-state index in [0.29, 0.717) is 29.1 Å². The fourth-order valence-electron chi connectivity index (χ4n) is 8.34. The van der Waals surface area contributed by atoms with Gasteiger partial charge in [0.1, 0.15) is 0 Å². The third-order valence-electron chi connectivity index (χ3n) is 9.68. The topological polar surface area (TPSA) is 75.4 Å². The van der Waals surface area contributed by atoms with Crippen molar-refractivity contribution in [3.63, 3.8) is 0 Å². The van der Waals surface area contributed by atoms with Gasteiger partial charge in [0.05, 0.1) is 11.0 Å². The molecule has 0 amide bonds. The maximum absolute atomic E-state index is 13.4. The van der Waals surface area contributed by atoms with Gasteiger partial charge in [-0.3, -0.25) is 9.69 Å². The van der Waals surface area contributed by atoms with E-state index in [4.69, 9.17) is 0 Å². The highest BCUT2D eigenvalue weighted by Gasteiger charge is 2.44. The molecule has 36 heavy (non-hydrogen) atoms. The van der Waals surface area contributed by atoms with Crippen LogP contribution in [0.2, 0.25) is 0 Å². The summed E-state index contributed by atoms with van der Waals surface area (Å²) >= 11 is 0. The van der Waals surface area contributed by atoms with E-state index in [1.54, 1.807) is 4.57 Å². The van der Waals surface area contributed by atoms with Crippen LogP contribution in [-0.2, 0) is 0 Å². The molecule has 0 radical (unpaired) electrons. The van der Waals surface area contributed by atoms with Gasteiger partial charge >= 0.3 is 5.97 Å². The summed E-state index contributed by atoms with van der Waals surface area (Å²) in [6.45, 7) is 9.75. The summed E-state index contributed by atoms with van der Waals surface area (Å²) < 4.78 is 1.78. The number of hydrogen-bond acceptors (Lipinski definition) is 4. The van der Waals surface area contributed by atoms with Gasteiger partial charge in [-0.1, -0.05) is 52.7 Å². The molecule has 1 aromatic heterocycles. The van der Waals surface area contributed by atoms with Gasteiger partial charge in [-0.05, 0) is 80.8 Å². The molecule has 196 valence electrons. The van der Waals surface area contributed by atoms with Crippen molar-refractivity contribution < 1.29 is 9.90 Å². The first-order valence-corrected chi connectivity index (χ1v) is 14.2. The minimum absolute atomic E-state index is 0.0156. The van der Waals surface area contributed by atoms with Gasteiger partial charge < -0.3 is 9.67 Å². The number of aromatic nitrogens is 2. The molecule has 2 aromatic rings. The predicted octanol–water partition coefficient (Wildman–Crippen LogP) is 6.28. The molecule has 7 atom stereocenters. The van der Waals surface area contributed by atoms with Crippen molar-refractivity contribution in [2.24, 2.45) is 17.3 Å². The minimum atomic E-state index is -1.24. The first-order chi connectivity index (χ1) is 17.2. The van der Waals surface area contributed by atoms with Crippen molar-refractivity contribution in [1.82, 2.24) is 14.5 Å². The Morgan fingerprint density at radius 2 is 1.61 bits per heavy atom. The number of hydrogen-bond donors (Lipinski definition) is 1. The molecule has 6 nitrogen and oxygen atoms in total. The molecule has 5 rings (SSSR count). The van der Waals surface area contributed by atoms with Crippen molar-refractivity contribution in [1.29, 1.82) is 0 Å². The van der Waals surface area contributed by atoms with Crippen LogP contribution in [0.5, 0.6) is 0 Å². The minimum Gasteiger partial charge on any atom is -0.476 e. The van der Waals surface area contributed by atoms with Crippen LogP contribution in [0.3, 0.4) is 0 Å². The van der Waals surface area contributed by atoms with Gasteiger partial charge in [-0.15, -0.1) is 0 Å². The Balaban J connectivity index is 1.46. The molecule has 3 aliphatic rings. The van der Waals surface area contributed by atoms with Crippen LogP contribution in [0.15, 0.2) is 29.1 Å². The summed E-state index contributed by atoms with van der Waals surface area (Å²) in [5, 5.41) is 9.69. The van der Waals surface area contributed by atoms with Crippen LogP contribution >= 0.6 is 0 Å². The summed E-state index contributed by atoms with van der Waals surface area (Å²) in [6, 6.07) is 9.03. The first-order valence-electron chi connectivity index (χ1n) is 14.2. The second-order valence-corrected chi connectivity index (χ2v) is 12.6. The summed E-state index contributed by atoms with van der Waals surface area (Å²) in [4.78, 5) is 32.3. The Morgan fingerprint density at radius 3 is 2.19 bits per heavy atom. The van der Waals surface area contributed by atoms with Crippen molar-refractivity contribution in [2.75, 3.05) is 0 Å². The van der Waals surface area contributed by atoms with Crippen molar-refractivity contribution in [2.45, 2.75) is 116 Å². The fourth-order valence-corrected chi connectivity index (χ4v) is 8.34. The number of carboxylic acids is 1. The third-order valence-corrected chi connectivity index (χ3v) is 9.68. The summed E-state index contributed by atoms with van der Waals surface area (Å²) in [5.41, 5.74) is 0.991. The number of fused-ring (bicyclic) bond motifs is 3. The predicted molar refractivity (Wildman–Crippen MR) is 143 cm³/mol. The second-order valence-electron chi connectivity index (χ2n) is 12.6. The van der Waals surface area contributed by atoms with Gasteiger partial charge in [0.15, 0.2) is 0 Å². The number of benzene rings is 1. The highest BCUT2D eigenvalue weighted by Crippen LogP contribution is 2.46. The molecule has 3 fully saturated rings. The van der Waals surface area contributed by atoms with Crippen LogP contribution < -0.4 is 5.56 Å². The fraction of sp³-hybridized carbons (Fsp3) is 0.700. The van der Waals surface area contributed by atoms with E-state index in [1.165, 1.54) is 51.4 Å². The number of nitrogens with zero attached hydrogens (tertiary/aromatic N) is 3. The lowest BCUT2D eigenvalue weighted by Crippen LogP contribution is -2.58. The van der Waals surface area contributed by atoms with Gasteiger partial charge in [0, 0.05) is 24.2 Å². The molecule has 1 aliphatic carbocycles. The Bertz CT molecular complexity index is 1150. The van der Waals surface area contributed by atoms with E-state index in [0.717, 1.165) is 30.2 Å². The Hall–Kier alpha value is -2.21. The number of aromatic carboxylic acids is 1. The molecule has 1 N–H and O–H groups in total. The standard InChI is InChI=1S/C30H43N3O3/c1-5-30(4)17-19(2)13-23(14-20(3)18-30)32-21-9-8-10-22(32)16-24(15-21)33-26-12-7-6-11-25(26)31-27(28(33)34)29(35)36/h6-7,11-12,19-24H,5,8-10,13-18H2,1-4H3,(H,35,36)/t19-,20+,21-,22+,23?,24?,30?. The van der Waals surface area contributed by atoms with E-state index in [2.05, 4.69) is 37.6 Å². The molecule has 2 bridgehead atoms. The summed E-state index contributed by atoms with van der Waals surface area (Å²) in [6.07, 6.45) is 11.8. The first kappa shape index (κ1) is 25.4. The number of para-hydroxylation sites is 2. The molecule has 6 heteroatoms. The van der Waals surface area contributed by atoms with Crippen LogP contribution in [0.4, 0.5) is 0 Å². The van der Waals surface area contributed by atoms with Crippen molar-refractivity contribution in [3.05, 3.63) is 40.3 Å². The zero-order chi connectivity index (χ0) is 25.6. The number of piperidine rings is 2. The summed E-state index contributed by atoms with van der Waals surface area (Å²) in [7, 11) is 0. The molecule has 3 unspecified atom stereocenters. The number of carbonyl (C=O) groups is 1. The van der Waals surface area contributed by atoms with Gasteiger partial charge in [-0.2, -0.15) is 0 Å². The third kappa shape index (κ3) is 4.73. The highest BCUT2D eigenvalue weighted by atomic mass is 16.4. The summed E-state index contributed by atoms with van der Waals surface area (Å²) in [5.74, 6) is 0.195. The van der Waals surface area contributed by atoms with Crippen LogP contribution in [0, 0.1) is 17.3 Å². The molecular formula is C30H43N3O3. The molecule has 3 heterocycles. The van der Waals surface area contributed by atoms with E-state index in [9.17, 15) is 14.7 Å². The zero-order valence-electron chi connectivity index (χ0n) is 22.4. The SMILES string of the molecule is CCC1(C)C[C@H](C)CC(N2[C@@H]3CCC[C@H]2CC(n2c(=O)c(C(=O)O)nc4ccccc42)C3)C[C@H](C)C1. The Kier molecular flexibility index (Phi) is 7.01. The lowest BCUT2D eigenvalue weighted by atomic mass is 9.68. The van der Waals surface area contributed by atoms with E-state index >= 15 is 0 Å². The van der Waals surface area contributed by atoms with Crippen LogP contribution in [-0.4, -0.2) is 43.7 Å². The van der Waals surface area contributed by atoms with E-state index in [-0.39, 0.29) is 11.7 Å². The monoisotopic (exact) mass is 493 g/mol. The average molecular weight is 494 g/mol. The maximum Gasteiger partial charge on any atom is 0.360 e. The molecule has 1 saturated carbocycles. The smallest absolute Gasteiger partial charge is 0.360 e. The normalized spacial score (nSPS) is 35.8. The van der Waals surface area contributed by atoms with Crippen molar-refractivity contribution in [3.8, 4) is 0 Å².